The number of amides is 1. The zero-order valence-corrected chi connectivity index (χ0v) is 13.9. The van der Waals surface area contributed by atoms with Crippen LogP contribution in [0.25, 0.3) is 0 Å². The van der Waals surface area contributed by atoms with E-state index in [0.717, 1.165) is 5.56 Å². The Morgan fingerprint density at radius 3 is 2.54 bits per heavy atom. The number of anilines is 1. The summed E-state index contributed by atoms with van der Waals surface area (Å²) in [7, 11) is 0. The van der Waals surface area contributed by atoms with Crippen LogP contribution < -0.4 is 4.90 Å². The zero-order chi connectivity index (χ0) is 16.9. The normalized spacial score (nSPS) is 14.3. The van der Waals surface area contributed by atoms with Crippen LogP contribution in [0.4, 0.5) is 5.82 Å². The van der Waals surface area contributed by atoms with Crippen molar-refractivity contribution in [2.45, 2.75) is 6.42 Å². The van der Waals surface area contributed by atoms with E-state index in [1.165, 1.54) is 0 Å². The minimum Gasteiger partial charge on any atom is -0.352 e. The molecule has 1 aromatic heterocycles. The second kappa shape index (κ2) is 7.33. The van der Waals surface area contributed by atoms with Crippen molar-refractivity contribution in [3.63, 3.8) is 0 Å². The highest BCUT2D eigenvalue weighted by Gasteiger charge is 2.23. The molecule has 0 unspecified atom stereocenters. The molecule has 1 saturated heterocycles. The van der Waals surface area contributed by atoms with Gasteiger partial charge in [0.25, 0.3) is 0 Å². The lowest BCUT2D eigenvalue weighted by molar-refractivity contribution is -0.130. The van der Waals surface area contributed by atoms with E-state index < -0.39 is 0 Å². The van der Waals surface area contributed by atoms with Crippen LogP contribution in [0.15, 0.2) is 42.6 Å². The number of benzene rings is 1. The summed E-state index contributed by atoms with van der Waals surface area (Å²) in [6.07, 6.45) is 2.07. The number of nitriles is 1. The first-order valence-electron chi connectivity index (χ1n) is 7.79. The number of hydrogen-bond acceptors (Lipinski definition) is 4. The van der Waals surface area contributed by atoms with Gasteiger partial charge < -0.3 is 9.80 Å². The average molecular weight is 341 g/mol. The summed E-state index contributed by atoms with van der Waals surface area (Å²) in [4.78, 5) is 20.7. The van der Waals surface area contributed by atoms with Crippen molar-refractivity contribution >= 4 is 23.3 Å². The lowest BCUT2D eigenvalue weighted by Gasteiger charge is -2.35. The number of carbonyl (C=O) groups is 1. The van der Waals surface area contributed by atoms with Crippen LogP contribution in [-0.2, 0) is 11.2 Å². The largest absolute Gasteiger partial charge is 0.352 e. The molecule has 0 N–H and O–H groups in total. The number of hydrogen-bond donors (Lipinski definition) is 0. The molecule has 6 heteroatoms. The highest BCUT2D eigenvalue weighted by atomic mass is 35.5. The quantitative estimate of drug-likeness (QED) is 0.861. The maximum atomic E-state index is 12.4. The topological polar surface area (TPSA) is 60.2 Å². The Morgan fingerprint density at radius 1 is 1.17 bits per heavy atom. The second-order valence-electron chi connectivity index (χ2n) is 5.66. The Hall–Kier alpha value is -2.58. The van der Waals surface area contributed by atoms with Crippen LogP contribution in [0.5, 0.6) is 0 Å². The Labute approximate surface area is 146 Å². The number of aromatic nitrogens is 1. The Bertz CT molecular complexity index is 761. The van der Waals surface area contributed by atoms with Crippen molar-refractivity contribution < 1.29 is 4.79 Å². The standard InChI is InChI=1S/C18H17ClN4O/c19-16-5-3-14(4-6-16)12-17(24)22-8-10-23(11-9-22)18-15(13-20)2-1-7-21-18/h1-7H,8-12H2. The Morgan fingerprint density at radius 2 is 1.88 bits per heavy atom. The molecule has 0 aliphatic carbocycles. The predicted octanol–water partition coefficient (Wildman–Crippen LogP) is 2.50. The molecule has 2 heterocycles. The highest BCUT2D eigenvalue weighted by molar-refractivity contribution is 6.30. The van der Waals surface area contributed by atoms with Crippen molar-refractivity contribution in [2.24, 2.45) is 0 Å². The van der Waals surface area contributed by atoms with Crippen LogP contribution in [0.3, 0.4) is 0 Å². The molecule has 1 aromatic carbocycles. The van der Waals surface area contributed by atoms with Crippen LogP contribution in [0, 0.1) is 11.3 Å². The molecule has 2 aromatic rings. The molecule has 0 radical (unpaired) electrons. The molecule has 1 amide bonds. The number of piperazine rings is 1. The SMILES string of the molecule is N#Cc1cccnc1N1CCN(C(=O)Cc2ccc(Cl)cc2)CC1. The first-order chi connectivity index (χ1) is 11.7. The van der Waals surface area contributed by atoms with Crippen LogP contribution in [-0.4, -0.2) is 42.0 Å². The fourth-order valence-electron chi connectivity index (χ4n) is 2.79. The van der Waals surface area contributed by atoms with Crippen molar-refractivity contribution in [1.82, 2.24) is 9.88 Å². The summed E-state index contributed by atoms with van der Waals surface area (Å²) < 4.78 is 0. The van der Waals surface area contributed by atoms with Crippen molar-refractivity contribution in [3.8, 4) is 6.07 Å². The third kappa shape index (κ3) is 3.66. The molecule has 1 aliphatic heterocycles. The first kappa shape index (κ1) is 16.3. The molecule has 1 fully saturated rings. The Balaban J connectivity index is 1.59. The number of carbonyl (C=O) groups excluding carboxylic acids is 1. The molecular weight excluding hydrogens is 324 g/mol. The molecule has 122 valence electrons. The van der Waals surface area contributed by atoms with Gasteiger partial charge in [-0.3, -0.25) is 4.79 Å². The summed E-state index contributed by atoms with van der Waals surface area (Å²) in [5.41, 5.74) is 1.53. The van der Waals surface area contributed by atoms with Gasteiger partial charge in [0.15, 0.2) is 0 Å². The fourth-order valence-corrected chi connectivity index (χ4v) is 2.92. The molecule has 1 aliphatic rings. The summed E-state index contributed by atoms with van der Waals surface area (Å²) in [6.45, 7) is 2.62. The van der Waals surface area contributed by atoms with Crippen molar-refractivity contribution in [1.29, 1.82) is 5.26 Å². The number of nitrogens with zero attached hydrogens (tertiary/aromatic N) is 4. The van der Waals surface area contributed by atoms with Gasteiger partial charge >= 0.3 is 0 Å². The van der Waals surface area contributed by atoms with Gasteiger partial charge in [0.05, 0.1) is 12.0 Å². The predicted molar refractivity (Wildman–Crippen MR) is 92.9 cm³/mol. The lowest BCUT2D eigenvalue weighted by atomic mass is 10.1. The highest BCUT2D eigenvalue weighted by Crippen LogP contribution is 2.18. The molecule has 24 heavy (non-hydrogen) atoms. The summed E-state index contributed by atoms with van der Waals surface area (Å²) in [6, 6.07) is 13.0. The minimum absolute atomic E-state index is 0.110. The van der Waals surface area contributed by atoms with Gasteiger partial charge in [-0.1, -0.05) is 23.7 Å². The maximum absolute atomic E-state index is 12.4. The summed E-state index contributed by atoms with van der Waals surface area (Å²) >= 11 is 5.87. The van der Waals surface area contributed by atoms with Crippen molar-refractivity contribution in [2.75, 3.05) is 31.1 Å². The number of rotatable bonds is 3. The van der Waals surface area contributed by atoms with Gasteiger partial charge in [-0.15, -0.1) is 0 Å². The van der Waals surface area contributed by atoms with E-state index in [1.54, 1.807) is 30.5 Å². The van der Waals surface area contributed by atoms with Gasteiger partial charge in [-0.2, -0.15) is 5.26 Å². The molecular formula is C18H17ClN4O. The smallest absolute Gasteiger partial charge is 0.227 e. The van der Waals surface area contributed by atoms with E-state index in [9.17, 15) is 10.1 Å². The van der Waals surface area contributed by atoms with Crippen LogP contribution >= 0.6 is 11.6 Å². The molecule has 0 atom stereocenters. The van der Waals surface area contributed by atoms with E-state index in [1.807, 2.05) is 17.0 Å². The van der Waals surface area contributed by atoms with Gasteiger partial charge in [-0.25, -0.2) is 4.98 Å². The Kier molecular flexibility index (Phi) is 4.97. The van der Waals surface area contributed by atoms with Gasteiger partial charge in [0.2, 0.25) is 5.91 Å². The molecule has 5 nitrogen and oxygen atoms in total. The van der Waals surface area contributed by atoms with E-state index in [0.29, 0.717) is 49.0 Å². The monoisotopic (exact) mass is 340 g/mol. The van der Waals surface area contributed by atoms with Crippen LogP contribution in [0.2, 0.25) is 5.02 Å². The van der Waals surface area contributed by atoms with E-state index in [4.69, 9.17) is 11.6 Å². The van der Waals surface area contributed by atoms with Crippen LogP contribution in [0.1, 0.15) is 11.1 Å². The first-order valence-corrected chi connectivity index (χ1v) is 8.17. The van der Waals surface area contributed by atoms with Gasteiger partial charge in [-0.05, 0) is 29.8 Å². The van der Waals surface area contributed by atoms with E-state index in [2.05, 4.69) is 16.0 Å². The molecule has 0 spiro atoms. The van der Waals surface area contributed by atoms with Gasteiger partial charge in [0.1, 0.15) is 11.9 Å². The lowest BCUT2D eigenvalue weighted by Crippen LogP contribution is -2.49. The molecule has 0 saturated carbocycles. The summed E-state index contributed by atoms with van der Waals surface area (Å²) in [5, 5.41) is 9.85. The number of halogens is 1. The zero-order valence-electron chi connectivity index (χ0n) is 13.2. The third-order valence-corrected chi connectivity index (χ3v) is 4.36. The minimum atomic E-state index is 0.110. The third-order valence-electron chi connectivity index (χ3n) is 4.11. The summed E-state index contributed by atoms with van der Waals surface area (Å²) in [5.74, 6) is 0.809. The maximum Gasteiger partial charge on any atom is 0.227 e. The van der Waals surface area contributed by atoms with E-state index >= 15 is 0 Å². The van der Waals surface area contributed by atoms with Crippen molar-refractivity contribution in [3.05, 3.63) is 58.7 Å². The second-order valence-corrected chi connectivity index (χ2v) is 6.09. The molecule has 3 rings (SSSR count). The number of pyridine rings is 1. The average Bonchev–Trinajstić information content (AvgIpc) is 2.63. The fraction of sp³-hybridized carbons (Fsp3) is 0.278. The van der Waals surface area contributed by atoms with E-state index in [-0.39, 0.29) is 5.91 Å². The molecule has 0 bridgehead atoms. The van der Waals surface area contributed by atoms with Gasteiger partial charge in [0, 0.05) is 37.4 Å².